The Hall–Kier alpha value is -3.09. The van der Waals surface area contributed by atoms with Gasteiger partial charge in [-0.1, -0.05) is 30.3 Å². The number of methoxy groups -OCH3 is 1. The molecule has 0 saturated carbocycles. The second kappa shape index (κ2) is 7.96. The van der Waals surface area contributed by atoms with Gasteiger partial charge in [0, 0.05) is 24.9 Å². The Balaban J connectivity index is 2.08. The molecule has 2 rings (SSSR count). The maximum atomic E-state index is 12.2. The summed E-state index contributed by atoms with van der Waals surface area (Å²) in [5.74, 6) is -0.821. The first kappa shape index (κ1) is 17.3. The minimum absolute atomic E-state index is 0.0667. The van der Waals surface area contributed by atoms with Gasteiger partial charge in [0.15, 0.2) is 6.04 Å². The third kappa shape index (κ3) is 4.22. The third-order valence-electron chi connectivity index (χ3n) is 3.40. The van der Waals surface area contributed by atoms with Crippen LogP contribution in [0.1, 0.15) is 17.2 Å². The maximum absolute atomic E-state index is 12.2. The van der Waals surface area contributed by atoms with E-state index in [0.717, 1.165) is 10.5 Å². The normalized spacial score (nSPS) is 11.4. The van der Waals surface area contributed by atoms with E-state index in [2.05, 4.69) is 4.98 Å². The van der Waals surface area contributed by atoms with Crippen LogP contribution in [-0.2, 0) is 16.1 Å². The van der Waals surface area contributed by atoms with Crippen molar-refractivity contribution in [1.82, 2.24) is 9.88 Å². The molecule has 1 aromatic carbocycles. The van der Waals surface area contributed by atoms with E-state index in [1.165, 1.54) is 26.4 Å². The molecule has 7 nitrogen and oxygen atoms in total. The molecule has 0 spiro atoms. The standard InChI is InChI=1S/C17H18N2O5/c1-19(17(22)24-11-12-6-4-3-5-7-12)15(16(20)21)13-8-9-14(23-2)18-10-13/h3-10,15H,11H2,1-2H3,(H,20,21). The number of pyridine rings is 1. The first-order valence-corrected chi connectivity index (χ1v) is 7.19. The number of ether oxygens (including phenoxy) is 2. The number of benzene rings is 1. The van der Waals surface area contributed by atoms with E-state index in [1.807, 2.05) is 30.3 Å². The van der Waals surface area contributed by atoms with Gasteiger partial charge in [0.25, 0.3) is 0 Å². The number of hydrogen-bond acceptors (Lipinski definition) is 5. The molecule has 0 aliphatic heterocycles. The van der Waals surface area contributed by atoms with Crippen LogP contribution in [0.15, 0.2) is 48.7 Å². The van der Waals surface area contributed by atoms with Gasteiger partial charge in [-0.3, -0.25) is 4.90 Å². The van der Waals surface area contributed by atoms with Crippen LogP contribution in [0.3, 0.4) is 0 Å². The van der Waals surface area contributed by atoms with Crippen molar-refractivity contribution in [3.05, 3.63) is 59.8 Å². The molecule has 0 radical (unpaired) electrons. The molecule has 7 heteroatoms. The second-order valence-electron chi connectivity index (χ2n) is 5.03. The smallest absolute Gasteiger partial charge is 0.410 e. The van der Waals surface area contributed by atoms with E-state index in [9.17, 15) is 14.7 Å². The van der Waals surface area contributed by atoms with Gasteiger partial charge < -0.3 is 14.6 Å². The zero-order valence-electron chi connectivity index (χ0n) is 13.4. The Morgan fingerprint density at radius 2 is 1.92 bits per heavy atom. The van der Waals surface area contributed by atoms with Crippen LogP contribution in [-0.4, -0.2) is 41.2 Å². The topological polar surface area (TPSA) is 89.0 Å². The number of likely N-dealkylation sites (N-methyl/N-ethyl adjacent to an activating group) is 1. The fraction of sp³-hybridized carbons (Fsp3) is 0.235. The van der Waals surface area contributed by atoms with Crippen LogP contribution < -0.4 is 4.74 Å². The van der Waals surface area contributed by atoms with Gasteiger partial charge in [0.2, 0.25) is 5.88 Å². The van der Waals surface area contributed by atoms with Crippen LogP contribution in [0.25, 0.3) is 0 Å². The molecule has 126 valence electrons. The number of rotatable bonds is 6. The summed E-state index contributed by atoms with van der Waals surface area (Å²) in [6.45, 7) is 0.0667. The molecule has 1 unspecified atom stereocenters. The van der Waals surface area contributed by atoms with Gasteiger partial charge in [0.1, 0.15) is 6.61 Å². The molecular weight excluding hydrogens is 312 g/mol. The highest BCUT2D eigenvalue weighted by Crippen LogP contribution is 2.21. The predicted molar refractivity (Wildman–Crippen MR) is 85.6 cm³/mol. The molecule has 0 fully saturated rings. The largest absolute Gasteiger partial charge is 0.481 e. The zero-order valence-corrected chi connectivity index (χ0v) is 13.4. The van der Waals surface area contributed by atoms with Crippen molar-refractivity contribution in [2.24, 2.45) is 0 Å². The average Bonchev–Trinajstić information content (AvgIpc) is 2.61. The number of aliphatic carboxylic acids is 1. The molecule has 2 aromatic rings. The lowest BCUT2D eigenvalue weighted by molar-refractivity contribution is -0.142. The molecule has 0 bridgehead atoms. The molecule has 0 aliphatic rings. The predicted octanol–water partition coefficient (Wildman–Crippen LogP) is 2.48. The highest BCUT2D eigenvalue weighted by atomic mass is 16.6. The number of aromatic nitrogens is 1. The van der Waals surface area contributed by atoms with Crippen LogP contribution in [0.5, 0.6) is 5.88 Å². The third-order valence-corrected chi connectivity index (χ3v) is 3.40. The lowest BCUT2D eigenvalue weighted by Crippen LogP contribution is -2.36. The second-order valence-corrected chi connectivity index (χ2v) is 5.03. The molecule has 1 aromatic heterocycles. The Labute approximate surface area is 139 Å². The van der Waals surface area contributed by atoms with Crippen molar-refractivity contribution in [2.45, 2.75) is 12.6 Å². The average molecular weight is 330 g/mol. The summed E-state index contributed by atoms with van der Waals surface area (Å²) in [6, 6.07) is 11.0. The number of carboxylic acid groups (broad SMARTS) is 1. The SMILES string of the molecule is COc1ccc(C(C(=O)O)N(C)C(=O)OCc2ccccc2)cn1. The van der Waals surface area contributed by atoms with Gasteiger partial charge in [-0.15, -0.1) is 0 Å². The van der Waals surface area contributed by atoms with Crippen molar-refractivity contribution in [3.8, 4) is 5.88 Å². The van der Waals surface area contributed by atoms with Crippen LogP contribution in [0.2, 0.25) is 0 Å². The van der Waals surface area contributed by atoms with Gasteiger partial charge in [-0.25, -0.2) is 14.6 Å². The summed E-state index contributed by atoms with van der Waals surface area (Å²) in [6.07, 6.45) is 0.626. The summed E-state index contributed by atoms with van der Waals surface area (Å²) in [4.78, 5) is 28.7. The fourth-order valence-corrected chi connectivity index (χ4v) is 2.13. The van der Waals surface area contributed by atoms with E-state index in [1.54, 1.807) is 6.07 Å². The number of amides is 1. The highest BCUT2D eigenvalue weighted by molar-refractivity contribution is 5.81. The summed E-state index contributed by atoms with van der Waals surface area (Å²) in [7, 11) is 2.83. The number of carbonyl (C=O) groups is 2. The van der Waals surface area contributed by atoms with Crippen LogP contribution >= 0.6 is 0 Å². The molecule has 24 heavy (non-hydrogen) atoms. The molecule has 1 N–H and O–H groups in total. The van der Waals surface area contributed by atoms with E-state index < -0.39 is 18.1 Å². The molecule has 1 amide bonds. The zero-order chi connectivity index (χ0) is 17.5. The summed E-state index contributed by atoms with van der Waals surface area (Å²) < 4.78 is 10.1. The lowest BCUT2D eigenvalue weighted by Gasteiger charge is -2.24. The van der Waals surface area contributed by atoms with E-state index in [0.29, 0.717) is 11.4 Å². The Morgan fingerprint density at radius 3 is 2.46 bits per heavy atom. The summed E-state index contributed by atoms with van der Waals surface area (Å²) in [5, 5.41) is 9.45. The molecule has 0 aliphatic carbocycles. The van der Waals surface area contributed by atoms with E-state index in [4.69, 9.17) is 9.47 Å². The molecule has 1 heterocycles. The van der Waals surface area contributed by atoms with E-state index in [-0.39, 0.29) is 6.61 Å². The lowest BCUT2D eigenvalue weighted by atomic mass is 10.1. The number of hydrogen-bond donors (Lipinski definition) is 1. The molecule has 1 atom stereocenters. The molecule has 0 saturated heterocycles. The first-order chi connectivity index (χ1) is 11.5. The Bertz CT molecular complexity index is 688. The fourth-order valence-electron chi connectivity index (χ4n) is 2.13. The van der Waals surface area contributed by atoms with Crippen molar-refractivity contribution in [3.63, 3.8) is 0 Å². The van der Waals surface area contributed by atoms with Crippen LogP contribution in [0, 0.1) is 0 Å². The van der Waals surface area contributed by atoms with Crippen LogP contribution in [0.4, 0.5) is 4.79 Å². The van der Waals surface area contributed by atoms with Gasteiger partial charge in [0.05, 0.1) is 7.11 Å². The van der Waals surface area contributed by atoms with E-state index >= 15 is 0 Å². The minimum atomic E-state index is -1.20. The number of carboxylic acids is 1. The Morgan fingerprint density at radius 1 is 1.21 bits per heavy atom. The van der Waals surface area contributed by atoms with Gasteiger partial charge >= 0.3 is 12.1 Å². The highest BCUT2D eigenvalue weighted by Gasteiger charge is 2.29. The minimum Gasteiger partial charge on any atom is -0.481 e. The Kier molecular flexibility index (Phi) is 5.73. The number of nitrogens with zero attached hydrogens (tertiary/aromatic N) is 2. The quantitative estimate of drug-likeness (QED) is 0.875. The molecular formula is C17H18N2O5. The number of carbonyl (C=O) groups excluding carboxylic acids is 1. The van der Waals surface area contributed by atoms with Crippen molar-refractivity contribution in [2.75, 3.05) is 14.2 Å². The van der Waals surface area contributed by atoms with Crippen molar-refractivity contribution < 1.29 is 24.2 Å². The summed E-state index contributed by atoms with van der Waals surface area (Å²) >= 11 is 0. The first-order valence-electron chi connectivity index (χ1n) is 7.19. The van der Waals surface area contributed by atoms with Gasteiger partial charge in [-0.05, 0) is 11.6 Å². The summed E-state index contributed by atoms with van der Waals surface area (Å²) in [5.41, 5.74) is 1.17. The van der Waals surface area contributed by atoms with Crippen molar-refractivity contribution in [1.29, 1.82) is 0 Å². The van der Waals surface area contributed by atoms with Crippen molar-refractivity contribution >= 4 is 12.1 Å². The maximum Gasteiger partial charge on any atom is 0.410 e. The van der Waals surface area contributed by atoms with Gasteiger partial charge in [-0.2, -0.15) is 0 Å². The monoisotopic (exact) mass is 330 g/mol.